The Morgan fingerprint density at radius 2 is 1.45 bits per heavy atom. The van der Waals surface area contributed by atoms with Crippen molar-refractivity contribution in [1.82, 2.24) is 20.9 Å². The van der Waals surface area contributed by atoms with E-state index in [1.54, 1.807) is 44.2 Å². The molecular weight excluding hydrogens is 1100 g/mol. The van der Waals surface area contributed by atoms with Gasteiger partial charge in [-0.2, -0.15) is 0 Å². The summed E-state index contributed by atoms with van der Waals surface area (Å²) in [7, 11) is -4.59. The zero-order chi connectivity index (χ0) is 58.6. The van der Waals surface area contributed by atoms with E-state index in [-0.39, 0.29) is 71.1 Å². The van der Waals surface area contributed by atoms with Crippen LogP contribution in [0.1, 0.15) is 136 Å². The maximum absolute atomic E-state index is 15.0. The molecule has 0 bridgehead atoms. The summed E-state index contributed by atoms with van der Waals surface area (Å²) in [5.74, 6) is -1.09. The molecule has 436 valence electrons. The first kappa shape index (κ1) is 66.0. The number of hydrogen-bond donors (Lipinski definition) is 5. The van der Waals surface area contributed by atoms with Crippen LogP contribution < -0.4 is 31.0 Å². The lowest BCUT2D eigenvalue weighted by molar-refractivity contribution is -0.128. The molecule has 17 nitrogen and oxygen atoms in total. The van der Waals surface area contributed by atoms with E-state index in [9.17, 15) is 28.8 Å². The first-order chi connectivity index (χ1) is 36.2. The quantitative estimate of drug-likeness (QED) is 0.0197. The number of benzene rings is 2. The SMILES string of the molecule is C=CCOC(=O)N[C@H](C(=O)N[C@@H](CCCCNC(=O)OCC(Cl)(Cl)Cl)C(=O)Nc1ccc(COC(=O)Nc2cc(O[Si](C(C)C)(C(C)C)C(C)C)c(C)cc2C(=O)N2CC3(CC3)C[C@H]2CO[Si](C)(C)C(C)(C)C)cc1)C(C)C. The second-order valence-electron chi connectivity index (χ2n) is 23.8. The van der Waals surface area contributed by atoms with Gasteiger partial charge in [0, 0.05) is 24.8 Å². The summed E-state index contributed by atoms with van der Waals surface area (Å²) in [6, 6.07) is 8.05. The van der Waals surface area contributed by atoms with Crippen molar-refractivity contribution in [3.8, 4) is 5.75 Å². The third kappa shape index (κ3) is 18.8. The molecule has 6 amide bonds. The van der Waals surface area contributed by atoms with Gasteiger partial charge in [0.15, 0.2) is 8.32 Å². The van der Waals surface area contributed by atoms with Crippen LogP contribution in [0.3, 0.4) is 0 Å². The number of carbonyl (C=O) groups excluding carboxylic acids is 6. The van der Waals surface area contributed by atoms with E-state index in [4.69, 9.17) is 57.9 Å². The number of rotatable bonds is 26. The largest absolute Gasteiger partial charge is 0.542 e. The number of likely N-dealkylation sites (tertiary alicyclic amines) is 1. The summed E-state index contributed by atoms with van der Waals surface area (Å²) in [5, 5.41) is 13.6. The number of hydrogen-bond acceptors (Lipinski definition) is 11. The Morgan fingerprint density at radius 1 is 0.821 bits per heavy atom. The molecule has 1 heterocycles. The maximum atomic E-state index is 15.0. The number of alkyl carbamates (subject to hydrolysis) is 2. The van der Waals surface area contributed by atoms with Crippen LogP contribution in [0.25, 0.3) is 0 Å². The van der Waals surface area contributed by atoms with E-state index >= 15 is 0 Å². The van der Waals surface area contributed by atoms with Crippen LogP contribution >= 0.6 is 34.8 Å². The molecule has 5 N–H and O–H groups in total. The standard InChI is InChI=1S/C56H87Cl3N6O11Si2/c1-16-27-72-53(71)64-47(35(2)3)49(67)62-44(19-17-18-26-60-51(69)74-34-56(57,58)59)48(66)61-41-22-20-40(21-23-41)31-73-52(70)63-45-29-46(76-78(36(4)5,37(6)7)38(8)9)39(10)28-43(45)50(68)65-33-55(24-25-55)30-42(65)32-75-77(14,15)54(11,12)13/h16,20-23,28-29,35-38,42,44,47H,1,17-19,24-27,30-34H2,2-15H3,(H,60,69)(H,61,66)(H,62,67)(H,63,70)(H,64,71)/t42-,44-,47-/m0/s1. The highest BCUT2D eigenvalue weighted by atomic mass is 35.6. The van der Waals surface area contributed by atoms with E-state index in [1.165, 1.54) is 6.08 Å². The van der Waals surface area contributed by atoms with Crippen molar-refractivity contribution in [2.75, 3.05) is 43.5 Å². The minimum Gasteiger partial charge on any atom is -0.542 e. The van der Waals surface area contributed by atoms with Gasteiger partial charge in [-0.25, -0.2) is 14.4 Å². The van der Waals surface area contributed by atoms with Gasteiger partial charge in [-0.05, 0) is 121 Å². The van der Waals surface area contributed by atoms with Gasteiger partial charge in [-0.15, -0.1) is 0 Å². The average Bonchev–Trinajstić information content (AvgIpc) is 4.06. The molecular formula is C56H87Cl3N6O11Si2. The van der Waals surface area contributed by atoms with Crippen molar-refractivity contribution < 1.29 is 51.8 Å². The van der Waals surface area contributed by atoms with Crippen molar-refractivity contribution in [3.05, 3.63) is 65.7 Å². The Morgan fingerprint density at radius 3 is 2.00 bits per heavy atom. The molecule has 1 spiro atoms. The lowest BCUT2D eigenvalue weighted by Gasteiger charge is -2.42. The molecule has 22 heteroatoms. The van der Waals surface area contributed by atoms with Gasteiger partial charge >= 0.3 is 18.3 Å². The van der Waals surface area contributed by atoms with Crippen molar-refractivity contribution in [2.45, 2.75) is 185 Å². The van der Waals surface area contributed by atoms with Crippen molar-refractivity contribution in [1.29, 1.82) is 0 Å². The number of anilines is 2. The smallest absolute Gasteiger partial charge is 0.411 e. The van der Waals surface area contributed by atoms with Crippen molar-refractivity contribution in [3.63, 3.8) is 0 Å². The van der Waals surface area contributed by atoms with E-state index in [0.29, 0.717) is 54.2 Å². The number of aryl methyl sites for hydroxylation is 1. The predicted octanol–water partition coefficient (Wildman–Crippen LogP) is 12.9. The van der Waals surface area contributed by atoms with Gasteiger partial charge in [0.25, 0.3) is 14.2 Å². The first-order valence-corrected chi connectivity index (χ1v) is 33.4. The Balaban J connectivity index is 1.53. The molecule has 2 aliphatic rings. The summed E-state index contributed by atoms with van der Waals surface area (Å²) in [4.78, 5) is 82.8. The van der Waals surface area contributed by atoms with Crippen molar-refractivity contribution in [2.24, 2.45) is 11.3 Å². The highest BCUT2D eigenvalue weighted by Gasteiger charge is 2.54. The van der Waals surface area contributed by atoms with E-state index in [2.05, 4.69) is 109 Å². The fourth-order valence-electron chi connectivity index (χ4n) is 9.83. The van der Waals surface area contributed by atoms with Gasteiger partial charge in [-0.3, -0.25) is 19.7 Å². The summed E-state index contributed by atoms with van der Waals surface area (Å²) in [6.45, 7) is 33.9. The molecule has 0 radical (unpaired) electrons. The van der Waals surface area contributed by atoms with Gasteiger partial charge in [-0.1, -0.05) is 136 Å². The summed E-state index contributed by atoms with van der Waals surface area (Å²) in [6.07, 6.45) is 2.92. The zero-order valence-electron chi connectivity index (χ0n) is 48.3. The molecule has 1 saturated heterocycles. The van der Waals surface area contributed by atoms with Gasteiger partial charge in [0.2, 0.25) is 15.6 Å². The maximum Gasteiger partial charge on any atom is 0.411 e. The van der Waals surface area contributed by atoms with Crippen LogP contribution in [0.15, 0.2) is 49.1 Å². The highest BCUT2D eigenvalue weighted by Crippen LogP contribution is 2.55. The van der Waals surface area contributed by atoms with Crippen LogP contribution in [0, 0.1) is 18.3 Å². The fourth-order valence-corrected chi connectivity index (χ4v) is 16.3. The number of nitrogens with zero attached hydrogens (tertiary/aromatic N) is 1. The van der Waals surface area contributed by atoms with Crippen LogP contribution in [-0.2, 0) is 34.8 Å². The lowest BCUT2D eigenvalue weighted by Crippen LogP contribution is -2.54. The van der Waals surface area contributed by atoms with Crippen LogP contribution in [0.2, 0.25) is 34.8 Å². The third-order valence-electron chi connectivity index (χ3n) is 15.4. The number of amides is 6. The summed E-state index contributed by atoms with van der Waals surface area (Å²) in [5.41, 5.74) is 3.35. The number of unbranched alkanes of at least 4 members (excludes halogenated alkanes) is 1. The molecule has 1 aliphatic heterocycles. The van der Waals surface area contributed by atoms with Gasteiger partial charge in [0.05, 0.1) is 23.9 Å². The van der Waals surface area contributed by atoms with Crippen LogP contribution in [0.5, 0.6) is 5.75 Å². The number of carbonyl (C=O) groups is 6. The van der Waals surface area contributed by atoms with Crippen LogP contribution in [0.4, 0.5) is 25.8 Å². The molecule has 0 aromatic heterocycles. The van der Waals surface area contributed by atoms with E-state index < -0.39 is 69.2 Å². The van der Waals surface area contributed by atoms with Crippen molar-refractivity contribution >= 4 is 98.8 Å². The minimum atomic E-state index is -2.47. The second-order valence-corrected chi connectivity index (χ2v) is 36.5. The summed E-state index contributed by atoms with van der Waals surface area (Å²) >= 11 is 17.0. The summed E-state index contributed by atoms with van der Waals surface area (Å²) < 4.78 is 27.9. The molecule has 2 aromatic carbocycles. The predicted molar refractivity (Wildman–Crippen MR) is 315 cm³/mol. The monoisotopic (exact) mass is 1180 g/mol. The zero-order valence-corrected chi connectivity index (χ0v) is 52.6. The number of ether oxygens (including phenoxy) is 3. The topological polar surface area (TPSA) is 212 Å². The molecule has 1 aliphatic carbocycles. The molecule has 4 rings (SSSR count). The fraction of sp³-hybridized carbons (Fsp3) is 0.643. The molecule has 0 unspecified atom stereocenters. The van der Waals surface area contributed by atoms with E-state index in [0.717, 1.165) is 24.8 Å². The van der Waals surface area contributed by atoms with Crippen LogP contribution in [-0.4, -0.2) is 112 Å². The van der Waals surface area contributed by atoms with E-state index in [1.807, 2.05) is 17.9 Å². The molecule has 2 fully saturated rings. The van der Waals surface area contributed by atoms with Gasteiger partial charge < -0.3 is 49.2 Å². The minimum absolute atomic E-state index is 0.00647. The number of alkyl halides is 3. The number of halogens is 3. The Bertz CT molecular complexity index is 2390. The highest BCUT2D eigenvalue weighted by molar-refractivity contribution is 6.78. The molecule has 3 atom stereocenters. The molecule has 1 saturated carbocycles. The second kappa shape index (κ2) is 28.2. The molecule has 78 heavy (non-hydrogen) atoms. The number of nitrogens with one attached hydrogen (secondary N) is 5. The Kier molecular flexibility index (Phi) is 23.9. The first-order valence-electron chi connectivity index (χ1n) is 27.2. The van der Waals surface area contributed by atoms with Gasteiger partial charge in [0.1, 0.15) is 37.7 Å². The normalized spacial score (nSPS) is 16.2. The third-order valence-corrected chi connectivity index (χ3v) is 26.2. The Labute approximate surface area is 480 Å². The molecule has 2 aromatic rings. The lowest BCUT2D eigenvalue weighted by atomic mass is 10.0. The Hall–Kier alpha value is -4.54. The average molecular weight is 1180 g/mol.